The van der Waals surface area contributed by atoms with E-state index < -0.39 is 0 Å². The Bertz CT molecular complexity index is 770. The molecule has 1 aromatic carbocycles. The van der Waals surface area contributed by atoms with E-state index in [2.05, 4.69) is 40.6 Å². The second-order valence-electron chi connectivity index (χ2n) is 6.90. The van der Waals surface area contributed by atoms with E-state index in [1.165, 1.54) is 18.4 Å². The van der Waals surface area contributed by atoms with Gasteiger partial charge < -0.3 is 0 Å². The Hall–Kier alpha value is -2.23. The van der Waals surface area contributed by atoms with Crippen LogP contribution in [-0.4, -0.2) is 16.4 Å². The SMILES string of the molecule is CC1(C)[C@H]2CC=C(C=NNc3nncc4ccccc34)[C@H]1C2. The summed E-state index contributed by atoms with van der Waals surface area (Å²) in [4.78, 5) is 0. The lowest BCUT2D eigenvalue weighted by Gasteiger charge is -2.55. The third kappa shape index (κ3) is 2.02. The smallest absolute Gasteiger partial charge is 0.176 e. The van der Waals surface area contributed by atoms with E-state index >= 15 is 0 Å². The molecule has 0 radical (unpaired) electrons. The van der Waals surface area contributed by atoms with Crippen molar-refractivity contribution in [3.63, 3.8) is 0 Å². The molecule has 2 bridgehead atoms. The number of rotatable bonds is 3. The molecule has 0 amide bonds. The summed E-state index contributed by atoms with van der Waals surface area (Å²) in [5, 5.41) is 14.7. The van der Waals surface area contributed by atoms with Crippen LogP contribution in [0.25, 0.3) is 10.8 Å². The maximum absolute atomic E-state index is 4.41. The van der Waals surface area contributed by atoms with Crippen LogP contribution >= 0.6 is 0 Å². The number of benzene rings is 1. The van der Waals surface area contributed by atoms with Crippen LogP contribution in [0.4, 0.5) is 5.82 Å². The van der Waals surface area contributed by atoms with E-state index in [1.807, 2.05) is 30.5 Å². The highest BCUT2D eigenvalue weighted by Gasteiger charge is 2.50. The molecule has 3 aliphatic carbocycles. The van der Waals surface area contributed by atoms with Crippen LogP contribution in [0.15, 0.2) is 47.2 Å². The van der Waals surface area contributed by atoms with Gasteiger partial charge in [-0.25, -0.2) is 0 Å². The molecule has 4 nitrogen and oxygen atoms in total. The maximum atomic E-state index is 4.41. The largest absolute Gasteiger partial charge is 0.259 e. The predicted octanol–water partition coefficient (Wildman–Crippen LogP) is 4.02. The lowest BCUT2D eigenvalue weighted by Crippen LogP contribution is -2.48. The molecule has 5 rings (SSSR count). The first-order valence-electron chi connectivity index (χ1n) is 7.86. The van der Waals surface area contributed by atoms with Crippen LogP contribution < -0.4 is 5.43 Å². The second kappa shape index (κ2) is 4.90. The van der Waals surface area contributed by atoms with Crippen molar-refractivity contribution in [2.45, 2.75) is 26.7 Å². The molecule has 1 saturated carbocycles. The number of anilines is 1. The number of hydrogen-bond acceptors (Lipinski definition) is 4. The Balaban J connectivity index is 1.54. The molecular formula is C18H20N4. The van der Waals surface area contributed by atoms with Crippen LogP contribution in [0.2, 0.25) is 0 Å². The van der Waals surface area contributed by atoms with Crippen molar-refractivity contribution in [3.05, 3.63) is 42.1 Å². The van der Waals surface area contributed by atoms with Gasteiger partial charge in [0.15, 0.2) is 5.82 Å². The summed E-state index contributed by atoms with van der Waals surface area (Å²) >= 11 is 0. The molecule has 1 aromatic heterocycles. The van der Waals surface area contributed by atoms with Gasteiger partial charge in [-0.05, 0) is 35.7 Å². The van der Waals surface area contributed by atoms with Gasteiger partial charge in [0.2, 0.25) is 0 Å². The molecule has 0 spiro atoms. The third-order valence-corrected chi connectivity index (χ3v) is 5.47. The van der Waals surface area contributed by atoms with Gasteiger partial charge in [-0.2, -0.15) is 10.2 Å². The number of hydrazone groups is 1. The van der Waals surface area contributed by atoms with E-state index in [4.69, 9.17) is 0 Å². The lowest BCUT2D eigenvalue weighted by atomic mass is 9.49. The van der Waals surface area contributed by atoms with Gasteiger partial charge in [-0.3, -0.25) is 5.43 Å². The molecule has 0 unspecified atom stereocenters. The van der Waals surface area contributed by atoms with Crippen molar-refractivity contribution in [2.75, 3.05) is 5.43 Å². The summed E-state index contributed by atoms with van der Waals surface area (Å²) in [5.41, 5.74) is 4.84. The zero-order valence-corrected chi connectivity index (χ0v) is 13.0. The normalized spacial score (nSPS) is 25.8. The van der Waals surface area contributed by atoms with Gasteiger partial charge in [0.05, 0.1) is 12.4 Å². The summed E-state index contributed by atoms with van der Waals surface area (Å²) < 4.78 is 0. The second-order valence-corrected chi connectivity index (χ2v) is 6.90. The first kappa shape index (κ1) is 13.4. The topological polar surface area (TPSA) is 50.2 Å². The molecule has 0 saturated heterocycles. The minimum absolute atomic E-state index is 0.426. The average molecular weight is 292 g/mol. The average Bonchev–Trinajstić information content (AvgIpc) is 2.55. The van der Waals surface area contributed by atoms with Crippen molar-refractivity contribution < 1.29 is 0 Å². The number of hydrogen-bond donors (Lipinski definition) is 1. The first-order chi connectivity index (χ1) is 10.7. The molecule has 1 heterocycles. The minimum Gasteiger partial charge on any atom is -0.259 e. The monoisotopic (exact) mass is 292 g/mol. The van der Waals surface area contributed by atoms with Crippen LogP contribution in [0.5, 0.6) is 0 Å². The van der Waals surface area contributed by atoms with Crippen molar-refractivity contribution in [3.8, 4) is 0 Å². The van der Waals surface area contributed by atoms with Crippen LogP contribution in [-0.2, 0) is 0 Å². The van der Waals surface area contributed by atoms with Crippen LogP contribution in [0.3, 0.4) is 0 Å². The Morgan fingerprint density at radius 1 is 1.32 bits per heavy atom. The Morgan fingerprint density at radius 2 is 2.18 bits per heavy atom. The number of allylic oxidation sites excluding steroid dienone is 2. The molecular weight excluding hydrogens is 272 g/mol. The fourth-order valence-electron chi connectivity index (χ4n) is 3.82. The van der Waals surface area contributed by atoms with Crippen molar-refractivity contribution >= 4 is 22.8 Å². The highest BCUT2D eigenvalue weighted by atomic mass is 15.3. The number of nitrogens with zero attached hydrogens (tertiary/aromatic N) is 3. The molecule has 0 aliphatic heterocycles. The highest BCUT2D eigenvalue weighted by molar-refractivity contribution is 5.91. The molecule has 1 N–H and O–H groups in total. The summed E-state index contributed by atoms with van der Waals surface area (Å²) in [7, 11) is 0. The Morgan fingerprint density at radius 3 is 3.00 bits per heavy atom. The van der Waals surface area contributed by atoms with E-state index in [-0.39, 0.29) is 0 Å². The lowest BCUT2D eigenvalue weighted by molar-refractivity contribution is -0.00124. The maximum Gasteiger partial charge on any atom is 0.176 e. The van der Waals surface area contributed by atoms with Gasteiger partial charge in [0.1, 0.15) is 0 Å². The molecule has 112 valence electrons. The van der Waals surface area contributed by atoms with Gasteiger partial charge in [0, 0.05) is 10.8 Å². The standard InChI is InChI=1S/C18H20N4/c1-18(2)14-8-7-13(16(18)9-14)11-20-22-17-15-6-4-3-5-12(15)10-19-21-17/h3-7,10-11,14,16H,8-9H2,1-2H3,(H,21,22)/t14-,16+/m0/s1. The highest BCUT2D eigenvalue weighted by Crippen LogP contribution is 2.58. The summed E-state index contributed by atoms with van der Waals surface area (Å²) in [6, 6.07) is 8.06. The van der Waals surface area contributed by atoms with Crippen molar-refractivity contribution in [2.24, 2.45) is 22.4 Å². The molecule has 1 fully saturated rings. The summed E-state index contributed by atoms with van der Waals surface area (Å²) in [6.45, 7) is 4.74. The van der Waals surface area contributed by atoms with Gasteiger partial charge in [-0.1, -0.05) is 44.2 Å². The molecule has 2 aromatic rings. The zero-order valence-electron chi connectivity index (χ0n) is 13.0. The van der Waals surface area contributed by atoms with E-state index in [0.29, 0.717) is 17.2 Å². The number of nitrogens with one attached hydrogen (secondary N) is 1. The first-order valence-corrected chi connectivity index (χ1v) is 7.86. The van der Waals surface area contributed by atoms with Crippen molar-refractivity contribution in [1.29, 1.82) is 0 Å². The van der Waals surface area contributed by atoms with Gasteiger partial charge >= 0.3 is 0 Å². The van der Waals surface area contributed by atoms with E-state index in [0.717, 1.165) is 16.7 Å². The van der Waals surface area contributed by atoms with E-state index in [1.54, 1.807) is 6.20 Å². The van der Waals surface area contributed by atoms with Crippen molar-refractivity contribution in [1.82, 2.24) is 10.2 Å². The van der Waals surface area contributed by atoms with E-state index in [9.17, 15) is 0 Å². The van der Waals surface area contributed by atoms with Gasteiger partial charge in [-0.15, -0.1) is 5.10 Å². The quantitative estimate of drug-likeness (QED) is 0.686. The summed E-state index contributed by atoms with van der Waals surface area (Å²) in [5.74, 6) is 2.21. The van der Waals surface area contributed by atoms with Crippen LogP contribution in [0, 0.1) is 17.3 Å². The predicted molar refractivity (Wildman–Crippen MR) is 89.7 cm³/mol. The Labute approximate surface area is 130 Å². The Kier molecular flexibility index (Phi) is 2.99. The fraction of sp³-hybridized carbons (Fsp3) is 0.389. The number of fused-ring (bicyclic) bond motifs is 2. The molecule has 22 heavy (non-hydrogen) atoms. The molecule has 3 aliphatic rings. The minimum atomic E-state index is 0.426. The van der Waals surface area contributed by atoms with Crippen LogP contribution in [0.1, 0.15) is 26.7 Å². The fourth-order valence-corrected chi connectivity index (χ4v) is 3.82. The number of aromatic nitrogens is 2. The summed E-state index contributed by atoms with van der Waals surface area (Å²) in [6.07, 6.45) is 8.55. The zero-order chi connectivity index (χ0) is 15.2. The molecule has 4 heteroatoms. The molecule has 2 atom stereocenters. The van der Waals surface area contributed by atoms with Gasteiger partial charge in [0.25, 0.3) is 0 Å². The third-order valence-electron chi connectivity index (χ3n) is 5.47.